The number of morpholine rings is 1. The number of hydrogen-bond donors (Lipinski definition) is 4. The molecule has 0 bridgehead atoms. The zero-order chi connectivity index (χ0) is 22.5. The summed E-state index contributed by atoms with van der Waals surface area (Å²) in [5.74, 6) is -0.184. The topological polar surface area (TPSA) is 137 Å². The van der Waals surface area contributed by atoms with Crippen molar-refractivity contribution in [1.29, 1.82) is 0 Å². The second-order valence-electron chi connectivity index (χ2n) is 7.33. The van der Waals surface area contributed by atoms with Crippen molar-refractivity contribution in [3.8, 4) is 5.75 Å². The third kappa shape index (κ3) is 4.92. The summed E-state index contributed by atoms with van der Waals surface area (Å²) in [6.07, 6.45) is 1.43. The van der Waals surface area contributed by atoms with Gasteiger partial charge in [0.1, 0.15) is 17.7 Å². The van der Waals surface area contributed by atoms with E-state index in [1.807, 2.05) is 17.9 Å². The van der Waals surface area contributed by atoms with E-state index < -0.39 is 0 Å². The quantitative estimate of drug-likeness (QED) is 0.422. The summed E-state index contributed by atoms with van der Waals surface area (Å²) in [7, 11) is 1.35. The van der Waals surface area contributed by atoms with E-state index in [9.17, 15) is 9.90 Å². The van der Waals surface area contributed by atoms with Crippen LogP contribution in [0, 0.1) is 6.92 Å². The molecule has 2 aromatic carbocycles. The molecule has 0 amide bonds. The van der Waals surface area contributed by atoms with Gasteiger partial charge >= 0.3 is 5.97 Å². The summed E-state index contributed by atoms with van der Waals surface area (Å²) in [5, 5.41) is 10.1. The van der Waals surface area contributed by atoms with Crippen molar-refractivity contribution in [2.45, 2.75) is 13.0 Å². The number of aryl methyl sites for hydroxylation is 1. The number of para-hydroxylation sites is 1. The Morgan fingerprint density at radius 3 is 2.61 bits per heavy atom. The lowest BCUT2D eigenvalue weighted by Crippen LogP contribution is -2.39. The third-order valence-electron chi connectivity index (χ3n) is 5.25. The highest BCUT2D eigenvalue weighted by Gasteiger charge is 2.26. The molecule has 1 fully saturated rings. The maximum Gasteiger partial charge on any atom is 0.337 e. The Kier molecular flexibility index (Phi) is 6.71. The van der Waals surface area contributed by atoms with Gasteiger partial charge in [-0.25, -0.2) is 4.79 Å². The number of nitrogens with zero attached hydrogens (tertiary/aromatic N) is 1. The number of hydrogen-bond acceptors (Lipinski definition) is 8. The molecule has 164 valence electrons. The van der Waals surface area contributed by atoms with Gasteiger partial charge in [0.25, 0.3) is 0 Å². The monoisotopic (exact) mass is 424 g/mol. The molecule has 3 rings (SSSR count). The predicted octanol–water partition coefficient (Wildman–Crippen LogP) is 1.95. The summed E-state index contributed by atoms with van der Waals surface area (Å²) in [6, 6.07) is 12.2. The molecule has 2 aromatic rings. The highest BCUT2D eigenvalue weighted by Crippen LogP contribution is 2.29. The number of aromatic hydroxyl groups is 1. The summed E-state index contributed by atoms with van der Waals surface area (Å²) in [5.41, 5.74) is 22.0. The molecule has 1 aliphatic heterocycles. The number of allylic oxidation sites excluding steroid dienone is 1. The van der Waals surface area contributed by atoms with E-state index in [1.165, 1.54) is 7.11 Å². The average molecular weight is 425 g/mol. The van der Waals surface area contributed by atoms with E-state index in [0.717, 1.165) is 11.1 Å². The first kappa shape index (κ1) is 22.0. The number of benzene rings is 2. The molecule has 0 aliphatic carbocycles. The summed E-state index contributed by atoms with van der Waals surface area (Å²) in [6.45, 7) is 3.46. The first-order chi connectivity index (χ1) is 14.8. The van der Waals surface area contributed by atoms with Crippen LogP contribution in [0.5, 0.6) is 5.75 Å². The molecule has 0 radical (unpaired) electrons. The molecular weight excluding hydrogens is 396 g/mol. The van der Waals surface area contributed by atoms with Gasteiger partial charge in [-0.15, -0.1) is 0 Å². The fourth-order valence-electron chi connectivity index (χ4n) is 3.64. The number of phenols is 1. The number of carbonyl (C=O) groups excluding carboxylic acids is 1. The van der Waals surface area contributed by atoms with E-state index in [0.29, 0.717) is 42.2 Å². The van der Waals surface area contributed by atoms with E-state index in [2.05, 4.69) is 0 Å². The van der Waals surface area contributed by atoms with Crippen LogP contribution in [-0.2, 0) is 9.47 Å². The van der Waals surface area contributed by atoms with Crippen LogP contribution in [0.1, 0.15) is 33.2 Å². The minimum absolute atomic E-state index is 0.0763. The van der Waals surface area contributed by atoms with Crippen molar-refractivity contribution in [3.05, 3.63) is 82.3 Å². The van der Waals surface area contributed by atoms with E-state index in [1.54, 1.807) is 42.5 Å². The molecule has 1 atom stereocenters. The van der Waals surface area contributed by atoms with Gasteiger partial charge in [0.2, 0.25) is 0 Å². The van der Waals surface area contributed by atoms with E-state index >= 15 is 0 Å². The van der Waals surface area contributed by atoms with Crippen LogP contribution in [-0.4, -0.2) is 42.8 Å². The van der Waals surface area contributed by atoms with Crippen molar-refractivity contribution >= 4 is 11.7 Å². The molecule has 0 spiro atoms. The lowest BCUT2D eigenvalue weighted by Gasteiger charge is -2.36. The zero-order valence-electron chi connectivity index (χ0n) is 17.7. The maximum absolute atomic E-state index is 11.8. The van der Waals surface area contributed by atoms with E-state index in [4.69, 9.17) is 26.7 Å². The first-order valence-electron chi connectivity index (χ1n) is 9.88. The van der Waals surface area contributed by atoms with Gasteiger partial charge in [-0.05, 0) is 48.4 Å². The van der Waals surface area contributed by atoms with Gasteiger partial charge < -0.3 is 36.7 Å². The Balaban J connectivity index is 1.86. The Hall–Kier alpha value is -3.65. The lowest BCUT2D eigenvalue weighted by atomic mass is 9.99. The molecule has 8 nitrogen and oxygen atoms in total. The average Bonchev–Trinajstić information content (AvgIpc) is 2.76. The van der Waals surface area contributed by atoms with Gasteiger partial charge in [0.15, 0.2) is 0 Å². The number of carbonyl (C=O) groups is 1. The van der Waals surface area contributed by atoms with Crippen molar-refractivity contribution < 1.29 is 19.4 Å². The number of esters is 1. The minimum Gasteiger partial charge on any atom is -0.507 e. The smallest absolute Gasteiger partial charge is 0.337 e. The Morgan fingerprint density at radius 1 is 1.23 bits per heavy atom. The molecule has 1 aliphatic rings. The predicted molar refractivity (Wildman–Crippen MR) is 118 cm³/mol. The summed E-state index contributed by atoms with van der Waals surface area (Å²) < 4.78 is 10.8. The highest BCUT2D eigenvalue weighted by molar-refractivity contribution is 5.89. The molecule has 8 heteroatoms. The van der Waals surface area contributed by atoms with Crippen molar-refractivity contribution in [2.24, 2.45) is 17.2 Å². The third-order valence-corrected chi connectivity index (χ3v) is 5.25. The second-order valence-corrected chi connectivity index (χ2v) is 7.33. The van der Waals surface area contributed by atoms with Crippen LogP contribution in [0.2, 0.25) is 0 Å². The SMILES string of the molecule is COC(=O)c1ccc(C2CN(C(/C=C(\N)c3ccccc3O)=C(N)N)CCO2)c(C)c1. The molecule has 0 saturated carbocycles. The van der Waals surface area contributed by atoms with Crippen LogP contribution in [0.3, 0.4) is 0 Å². The molecule has 0 aromatic heterocycles. The number of methoxy groups -OCH3 is 1. The number of ether oxygens (including phenoxy) is 2. The van der Waals surface area contributed by atoms with Crippen LogP contribution >= 0.6 is 0 Å². The largest absolute Gasteiger partial charge is 0.507 e. The molecule has 1 heterocycles. The minimum atomic E-state index is -0.383. The maximum atomic E-state index is 11.8. The van der Waals surface area contributed by atoms with Gasteiger partial charge in [-0.3, -0.25) is 0 Å². The van der Waals surface area contributed by atoms with Gasteiger partial charge in [-0.2, -0.15) is 0 Å². The number of nitrogens with two attached hydrogens (primary N) is 3. The zero-order valence-corrected chi connectivity index (χ0v) is 17.7. The summed E-state index contributed by atoms with van der Waals surface area (Å²) in [4.78, 5) is 13.8. The highest BCUT2D eigenvalue weighted by atomic mass is 16.5. The number of phenolic OH excluding ortho intramolecular Hbond substituents is 1. The van der Waals surface area contributed by atoms with Gasteiger partial charge in [0, 0.05) is 24.4 Å². The van der Waals surface area contributed by atoms with Crippen LogP contribution in [0.4, 0.5) is 0 Å². The molecule has 7 N–H and O–H groups in total. The molecule has 1 saturated heterocycles. The van der Waals surface area contributed by atoms with Gasteiger partial charge in [-0.1, -0.05) is 18.2 Å². The molecular formula is C23H28N4O4. The Morgan fingerprint density at radius 2 is 1.97 bits per heavy atom. The number of rotatable bonds is 5. The first-order valence-corrected chi connectivity index (χ1v) is 9.88. The van der Waals surface area contributed by atoms with Crippen LogP contribution < -0.4 is 17.2 Å². The van der Waals surface area contributed by atoms with Crippen LogP contribution in [0.15, 0.2) is 60.1 Å². The Bertz CT molecular complexity index is 1030. The van der Waals surface area contributed by atoms with Crippen molar-refractivity contribution in [1.82, 2.24) is 4.90 Å². The molecule has 1 unspecified atom stereocenters. The Labute approximate surface area is 181 Å². The van der Waals surface area contributed by atoms with Crippen molar-refractivity contribution in [2.75, 3.05) is 26.8 Å². The summed E-state index contributed by atoms with van der Waals surface area (Å²) >= 11 is 0. The standard InChI is InChI=1S/C23H28N4O4/c1-14-11-15(23(29)30-2)7-8-16(14)21-13-27(9-10-31-21)19(22(25)26)12-18(24)17-5-3-4-6-20(17)28/h3-8,11-12,21,28H,9-10,13,24-26H2,1-2H3/b18-12-. The fraction of sp³-hybridized carbons (Fsp3) is 0.261. The second kappa shape index (κ2) is 9.44. The van der Waals surface area contributed by atoms with Crippen LogP contribution in [0.25, 0.3) is 5.70 Å². The van der Waals surface area contributed by atoms with E-state index in [-0.39, 0.29) is 23.6 Å². The lowest BCUT2D eigenvalue weighted by molar-refractivity contribution is -0.0175. The normalized spacial score (nSPS) is 16.6. The van der Waals surface area contributed by atoms with Gasteiger partial charge in [0.05, 0.1) is 25.0 Å². The molecule has 31 heavy (non-hydrogen) atoms. The van der Waals surface area contributed by atoms with Crippen molar-refractivity contribution in [3.63, 3.8) is 0 Å². The fourth-order valence-corrected chi connectivity index (χ4v) is 3.64.